The fourth-order valence-electron chi connectivity index (χ4n) is 3.86. The number of halogens is 1. The fraction of sp³-hybridized carbons (Fsp3) is 0.480. The summed E-state index contributed by atoms with van der Waals surface area (Å²) in [4.78, 5) is 32.3. The van der Waals surface area contributed by atoms with Gasteiger partial charge in [0.15, 0.2) is 6.61 Å². The minimum absolute atomic E-state index is 0.00276. The predicted octanol–water partition coefficient (Wildman–Crippen LogP) is 4.38. The first-order chi connectivity index (χ1) is 16.4. The quantitative estimate of drug-likeness (QED) is 0.370. The highest BCUT2D eigenvalue weighted by molar-refractivity contribution is 6.33. The van der Waals surface area contributed by atoms with Crippen LogP contribution in [-0.2, 0) is 20.8 Å². The van der Waals surface area contributed by atoms with E-state index in [1.807, 2.05) is 25.2 Å². The Morgan fingerprint density at radius 2 is 1.94 bits per heavy atom. The van der Waals surface area contributed by atoms with E-state index >= 15 is 0 Å². The van der Waals surface area contributed by atoms with Crippen LogP contribution in [0.25, 0.3) is 0 Å². The van der Waals surface area contributed by atoms with Crippen LogP contribution < -0.4 is 0 Å². The van der Waals surface area contributed by atoms with E-state index < -0.39 is 11.7 Å². The number of cyclic esters (lactones) is 1. The van der Waals surface area contributed by atoms with E-state index in [1.165, 1.54) is 0 Å². The number of nitrogens with zero attached hydrogens (tertiary/aromatic N) is 2. The summed E-state index contributed by atoms with van der Waals surface area (Å²) in [5, 5.41) is 24.6. The Kier molecular flexibility index (Phi) is 9.39. The van der Waals surface area contributed by atoms with E-state index in [1.54, 1.807) is 11.0 Å². The number of rotatable bonds is 3. The highest BCUT2D eigenvalue weighted by Gasteiger charge is 2.25. The number of hydrogen-bond acceptors (Lipinski definition) is 7. The van der Waals surface area contributed by atoms with Gasteiger partial charge in [-0.25, -0.2) is 4.79 Å². The molecule has 2 aliphatic rings. The molecule has 0 saturated carbocycles. The minimum Gasteiger partial charge on any atom is -0.507 e. The lowest BCUT2D eigenvalue weighted by Gasteiger charge is -2.26. The summed E-state index contributed by atoms with van der Waals surface area (Å²) >= 11 is 6.32. The number of esters is 1. The lowest BCUT2D eigenvalue weighted by atomic mass is 9.99. The number of phenolic OH excluding ortho intramolecular Hbond substituents is 2. The number of likely N-dealkylation sites (tertiary alicyclic amines) is 1. The molecule has 3 rings (SSSR count). The normalized spacial score (nSPS) is 21.9. The van der Waals surface area contributed by atoms with Crippen molar-refractivity contribution in [1.82, 2.24) is 4.90 Å². The molecule has 0 spiro atoms. The van der Waals surface area contributed by atoms with Crippen molar-refractivity contribution in [2.45, 2.75) is 45.4 Å². The Morgan fingerprint density at radius 3 is 2.71 bits per heavy atom. The van der Waals surface area contributed by atoms with Crippen LogP contribution in [0, 0.1) is 5.92 Å². The lowest BCUT2D eigenvalue weighted by Crippen LogP contribution is -2.37. The number of fused-ring (bicyclic) bond motifs is 1. The number of allylic oxidation sites excluding steroid dienone is 3. The van der Waals surface area contributed by atoms with E-state index in [9.17, 15) is 19.8 Å². The third kappa shape index (κ3) is 7.00. The molecule has 184 valence electrons. The molecule has 1 unspecified atom stereocenters. The number of hydrogen-bond donors (Lipinski definition) is 2. The fourth-order valence-corrected chi connectivity index (χ4v) is 4.08. The molecule has 1 aromatic carbocycles. The maximum absolute atomic E-state index is 12.8. The molecule has 2 heterocycles. The second-order valence-corrected chi connectivity index (χ2v) is 8.92. The van der Waals surface area contributed by atoms with Crippen LogP contribution in [0.2, 0.25) is 5.02 Å². The SMILES string of the molecule is CC1C=CCC/C=C/C(=N\OCC(=O)N2CCCCC2)Cc2c(Cl)c(O)cc(O)c2C(=O)OC1. The number of amides is 1. The van der Waals surface area contributed by atoms with Crippen molar-refractivity contribution in [2.24, 2.45) is 11.1 Å². The molecular weight excluding hydrogens is 460 g/mol. The smallest absolute Gasteiger partial charge is 0.342 e. The van der Waals surface area contributed by atoms with Gasteiger partial charge in [0.2, 0.25) is 0 Å². The van der Waals surface area contributed by atoms with Crippen molar-refractivity contribution in [3.63, 3.8) is 0 Å². The van der Waals surface area contributed by atoms with Crippen molar-refractivity contribution in [3.05, 3.63) is 46.5 Å². The number of oxime groups is 1. The third-order valence-corrected chi connectivity index (χ3v) is 6.14. The highest BCUT2D eigenvalue weighted by atomic mass is 35.5. The molecule has 2 N–H and O–H groups in total. The lowest BCUT2D eigenvalue weighted by molar-refractivity contribution is -0.137. The predicted molar refractivity (Wildman–Crippen MR) is 129 cm³/mol. The number of aromatic hydroxyl groups is 2. The van der Waals surface area contributed by atoms with Gasteiger partial charge in [0.25, 0.3) is 5.91 Å². The summed E-state index contributed by atoms with van der Waals surface area (Å²) in [6.45, 7) is 3.28. The number of carbonyl (C=O) groups excluding carboxylic acids is 2. The summed E-state index contributed by atoms with van der Waals surface area (Å²) in [6.07, 6.45) is 12.2. The maximum Gasteiger partial charge on any atom is 0.342 e. The average molecular weight is 491 g/mol. The van der Waals surface area contributed by atoms with Gasteiger partial charge in [-0.2, -0.15) is 0 Å². The monoisotopic (exact) mass is 490 g/mol. The third-order valence-electron chi connectivity index (χ3n) is 5.71. The molecule has 2 aliphatic heterocycles. The zero-order valence-corrected chi connectivity index (χ0v) is 20.1. The second-order valence-electron chi connectivity index (χ2n) is 8.54. The van der Waals surface area contributed by atoms with E-state index in [4.69, 9.17) is 21.2 Å². The summed E-state index contributed by atoms with van der Waals surface area (Å²) < 4.78 is 5.39. The molecule has 0 bridgehead atoms. The van der Waals surface area contributed by atoms with Crippen molar-refractivity contribution >= 4 is 29.2 Å². The molecule has 34 heavy (non-hydrogen) atoms. The summed E-state index contributed by atoms with van der Waals surface area (Å²) in [6, 6.07) is 1.01. The van der Waals surface area contributed by atoms with Crippen molar-refractivity contribution in [3.8, 4) is 11.5 Å². The molecule has 1 aromatic rings. The van der Waals surface area contributed by atoms with E-state index in [0.717, 1.165) is 38.2 Å². The van der Waals surface area contributed by atoms with Gasteiger partial charge in [0.05, 0.1) is 17.3 Å². The number of carbonyl (C=O) groups is 2. The van der Waals surface area contributed by atoms with Gasteiger partial charge in [-0.3, -0.25) is 4.79 Å². The van der Waals surface area contributed by atoms with Gasteiger partial charge < -0.3 is 24.7 Å². The molecule has 1 saturated heterocycles. The van der Waals surface area contributed by atoms with Crippen LogP contribution in [0.5, 0.6) is 11.5 Å². The van der Waals surface area contributed by atoms with Gasteiger partial charge in [-0.15, -0.1) is 0 Å². The molecule has 0 aliphatic carbocycles. The summed E-state index contributed by atoms with van der Waals surface area (Å²) in [5.74, 6) is -1.70. The van der Waals surface area contributed by atoms with Gasteiger partial charge in [-0.1, -0.05) is 41.9 Å². The van der Waals surface area contributed by atoms with E-state index in [-0.39, 0.29) is 53.4 Å². The van der Waals surface area contributed by atoms with E-state index in [2.05, 4.69) is 5.16 Å². The van der Waals surface area contributed by atoms with Gasteiger partial charge in [0.1, 0.15) is 17.1 Å². The largest absolute Gasteiger partial charge is 0.507 e. The standard InChI is InChI=1S/C25H31ClN2O6/c1-17-9-5-2-3-6-10-18(27-34-16-22(31)28-11-7-4-8-12-28)13-19-23(25(32)33-15-17)20(29)14-21(30)24(19)26/h5-6,9-10,14,17,29-30H,2-4,7-8,11-13,15-16H2,1H3/b9-5?,10-6+,27-18+. The minimum atomic E-state index is -0.753. The maximum atomic E-state index is 12.8. The molecule has 1 amide bonds. The molecular formula is C25H31ClN2O6. The molecule has 1 fully saturated rings. The average Bonchev–Trinajstić information content (AvgIpc) is 2.82. The van der Waals surface area contributed by atoms with Gasteiger partial charge in [-0.05, 0) is 43.7 Å². The second kappa shape index (κ2) is 12.5. The number of phenols is 2. The van der Waals surface area contributed by atoms with Crippen molar-refractivity contribution < 1.29 is 29.4 Å². The highest BCUT2D eigenvalue weighted by Crippen LogP contribution is 2.37. The molecule has 1 atom stereocenters. The van der Waals surface area contributed by atoms with Crippen molar-refractivity contribution in [2.75, 3.05) is 26.3 Å². The Bertz CT molecular complexity index is 982. The Hall–Kier alpha value is -3.00. The van der Waals surface area contributed by atoms with Crippen molar-refractivity contribution in [1.29, 1.82) is 0 Å². The van der Waals surface area contributed by atoms with E-state index in [0.29, 0.717) is 18.8 Å². The first-order valence-electron chi connectivity index (χ1n) is 11.6. The zero-order chi connectivity index (χ0) is 24.5. The number of ether oxygens (including phenoxy) is 1. The van der Waals surface area contributed by atoms with Gasteiger partial charge >= 0.3 is 5.97 Å². The summed E-state index contributed by atoms with van der Waals surface area (Å²) in [5.41, 5.74) is 0.405. The van der Waals surface area contributed by atoms with Crippen LogP contribution in [-0.4, -0.2) is 59.0 Å². The molecule has 9 heteroatoms. The molecule has 0 radical (unpaired) electrons. The van der Waals surface area contributed by atoms with Crippen LogP contribution in [0.3, 0.4) is 0 Å². The summed E-state index contributed by atoms with van der Waals surface area (Å²) in [7, 11) is 0. The Morgan fingerprint density at radius 1 is 1.21 bits per heavy atom. The number of benzene rings is 1. The van der Waals surface area contributed by atoms with Crippen LogP contribution >= 0.6 is 11.6 Å². The van der Waals surface area contributed by atoms with Crippen LogP contribution in [0.15, 0.2) is 35.5 Å². The van der Waals surface area contributed by atoms with Gasteiger partial charge in [0, 0.05) is 31.5 Å². The Balaban J connectivity index is 1.88. The van der Waals surface area contributed by atoms with Crippen LogP contribution in [0.4, 0.5) is 0 Å². The van der Waals surface area contributed by atoms with Crippen LogP contribution in [0.1, 0.15) is 54.9 Å². The first kappa shape index (κ1) is 25.6. The molecule has 0 aromatic heterocycles. The zero-order valence-electron chi connectivity index (χ0n) is 19.3. The molecule has 8 nitrogen and oxygen atoms in total. The Labute approximate surface area is 204 Å². The first-order valence-corrected chi connectivity index (χ1v) is 11.9. The number of piperidine rings is 1. The topological polar surface area (TPSA) is 109 Å².